The molecule has 0 unspecified atom stereocenters. The van der Waals surface area contributed by atoms with Crippen LogP contribution in [0.25, 0.3) is 0 Å². The zero-order chi connectivity index (χ0) is 11.7. The first-order valence-electron chi connectivity index (χ1n) is 5.34. The quantitative estimate of drug-likeness (QED) is 0.483. The van der Waals surface area contributed by atoms with Gasteiger partial charge in [0.25, 0.3) is 5.69 Å². The summed E-state index contributed by atoms with van der Waals surface area (Å²) in [7, 11) is 0. The van der Waals surface area contributed by atoms with Gasteiger partial charge in [-0.1, -0.05) is 0 Å². The lowest BCUT2D eigenvalue weighted by Crippen LogP contribution is -2.24. The van der Waals surface area contributed by atoms with Gasteiger partial charge in [-0.2, -0.15) is 0 Å². The normalized spacial score (nSPS) is 14.9. The van der Waals surface area contributed by atoms with Crippen molar-refractivity contribution in [3.05, 3.63) is 31.9 Å². The fourth-order valence-electron chi connectivity index (χ4n) is 1.86. The van der Waals surface area contributed by atoms with E-state index in [0.29, 0.717) is 9.61 Å². The van der Waals surface area contributed by atoms with E-state index >= 15 is 0 Å². The molecule has 86 valence electrons. The number of halogens is 1. The van der Waals surface area contributed by atoms with Crippen LogP contribution in [0.3, 0.4) is 0 Å². The predicted molar refractivity (Wildman–Crippen MR) is 71.9 cm³/mol. The Morgan fingerprint density at radius 2 is 2.25 bits per heavy atom. The number of anilines is 1. The van der Waals surface area contributed by atoms with E-state index in [1.54, 1.807) is 6.07 Å². The molecule has 16 heavy (non-hydrogen) atoms. The van der Waals surface area contributed by atoms with Crippen molar-refractivity contribution < 1.29 is 4.92 Å². The highest BCUT2D eigenvalue weighted by atomic mass is 127. The van der Waals surface area contributed by atoms with Crippen LogP contribution >= 0.6 is 22.6 Å². The number of rotatable bonds is 4. The van der Waals surface area contributed by atoms with Crippen molar-refractivity contribution in [1.29, 1.82) is 0 Å². The van der Waals surface area contributed by atoms with Gasteiger partial charge in [0.15, 0.2) is 0 Å². The lowest BCUT2D eigenvalue weighted by molar-refractivity contribution is -0.385. The molecule has 0 N–H and O–H groups in total. The fourth-order valence-corrected chi connectivity index (χ4v) is 2.56. The van der Waals surface area contributed by atoms with Gasteiger partial charge in [-0.15, -0.1) is 0 Å². The highest BCUT2D eigenvalue weighted by Gasteiger charge is 2.28. The Bertz CT molecular complexity index is 418. The fraction of sp³-hybridized carbons (Fsp3) is 0.455. The van der Waals surface area contributed by atoms with Gasteiger partial charge in [0.2, 0.25) is 0 Å². The number of nitro benzene ring substituents is 1. The minimum Gasteiger partial charge on any atom is -0.369 e. The Morgan fingerprint density at radius 3 is 2.69 bits per heavy atom. The topological polar surface area (TPSA) is 46.4 Å². The molecule has 0 aromatic heterocycles. The van der Waals surface area contributed by atoms with Crippen LogP contribution in [-0.2, 0) is 0 Å². The van der Waals surface area contributed by atoms with Crippen LogP contribution in [-0.4, -0.2) is 17.5 Å². The molecule has 2 rings (SSSR count). The summed E-state index contributed by atoms with van der Waals surface area (Å²) < 4.78 is 0.708. The molecular formula is C11H13IN2O2. The van der Waals surface area contributed by atoms with Crippen molar-refractivity contribution in [3.63, 3.8) is 0 Å². The Kier molecular flexibility index (Phi) is 3.32. The van der Waals surface area contributed by atoms with Crippen LogP contribution in [0.1, 0.15) is 19.8 Å². The van der Waals surface area contributed by atoms with Gasteiger partial charge in [-0.05, 0) is 54.5 Å². The number of nitrogens with zero attached hydrogens (tertiary/aromatic N) is 2. The van der Waals surface area contributed by atoms with Crippen molar-refractivity contribution in [1.82, 2.24) is 0 Å². The molecule has 1 aromatic carbocycles. The third kappa shape index (κ3) is 2.28. The average molecular weight is 332 g/mol. The van der Waals surface area contributed by atoms with E-state index in [-0.39, 0.29) is 10.6 Å². The highest BCUT2D eigenvalue weighted by Crippen LogP contribution is 2.33. The molecule has 0 saturated heterocycles. The van der Waals surface area contributed by atoms with Crippen molar-refractivity contribution in [2.24, 2.45) is 0 Å². The second-order valence-electron chi connectivity index (χ2n) is 3.91. The first-order valence-corrected chi connectivity index (χ1v) is 6.42. The minimum absolute atomic E-state index is 0.191. The maximum absolute atomic E-state index is 10.7. The number of hydrogen-bond acceptors (Lipinski definition) is 3. The molecule has 1 aliphatic carbocycles. The van der Waals surface area contributed by atoms with E-state index in [4.69, 9.17) is 0 Å². The van der Waals surface area contributed by atoms with E-state index < -0.39 is 0 Å². The summed E-state index contributed by atoms with van der Waals surface area (Å²) in [6, 6.07) is 5.99. The third-order valence-electron chi connectivity index (χ3n) is 2.79. The number of hydrogen-bond donors (Lipinski definition) is 0. The SMILES string of the molecule is CCN(c1ccc([N+](=O)[O-])c(I)c1)C1CC1. The first-order chi connectivity index (χ1) is 7.63. The summed E-state index contributed by atoms with van der Waals surface area (Å²) in [4.78, 5) is 12.7. The van der Waals surface area contributed by atoms with E-state index in [2.05, 4.69) is 11.8 Å². The molecule has 1 fully saturated rings. The van der Waals surface area contributed by atoms with Crippen LogP contribution in [0, 0.1) is 13.7 Å². The number of benzene rings is 1. The maximum Gasteiger partial charge on any atom is 0.282 e. The van der Waals surface area contributed by atoms with Gasteiger partial charge in [0.05, 0.1) is 8.49 Å². The van der Waals surface area contributed by atoms with Crippen molar-refractivity contribution >= 4 is 34.0 Å². The molecule has 0 amide bonds. The second-order valence-corrected chi connectivity index (χ2v) is 5.07. The Hall–Kier alpha value is -0.850. The van der Waals surface area contributed by atoms with Gasteiger partial charge in [0, 0.05) is 24.3 Å². The monoisotopic (exact) mass is 332 g/mol. The van der Waals surface area contributed by atoms with Gasteiger partial charge >= 0.3 is 0 Å². The summed E-state index contributed by atoms with van der Waals surface area (Å²) in [6.07, 6.45) is 2.48. The lowest BCUT2D eigenvalue weighted by Gasteiger charge is -2.22. The molecule has 0 radical (unpaired) electrons. The summed E-state index contributed by atoms with van der Waals surface area (Å²) in [6.45, 7) is 3.07. The first kappa shape index (κ1) is 11.6. The van der Waals surface area contributed by atoms with E-state index in [0.717, 1.165) is 12.2 Å². The molecule has 5 heteroatoms. The lowest BCUT2D eigenvalue weighted by atomic mass is 10.2. The van der Waals surface area contributed by atoms with Crippen LogP contribution in [0.2, 0.25) is 0 Å². The van der Waals surface area contributed by atoms with Crippen molar-refractivity contribution in [3.8, 4) is 0 Å². The van der Waals surface area contributed by atoms with Gasteiger partial charge < -0.3 is 4.90 Å². The summed E-state index contributed by atoms with van der Waals surface area (Å²) >= 11 is 2.03. The van der Waals surface area contributed by atoms with Gasteiger partial charge in [0.1, 0.15) is 0 Å². The Labute approximate surface area is 108 Å². The zero-order valence-corrected chi connectivity index (χ0v) is 11.2. The molecule has 0 bridgehead atoms. The van der Waals surface area contributed by atoms with Gasteiger partial charge in [-0.3, -0.25) is 10.1 Å². The maximum atomic E-state index is 10.7. The molecule has 0 aliphatic heterocycles. The van der Waals surface area contributed by atoms with Gasteiger partial charge in [-0.25, -0.2) is 0 Å². The molecule has 0 atom stereocenters. The Morgan fingerprint density at radius 1 is 1.56 bits per heavy atom. The smallest absolute Gasteiger partial charge is 0.282 e. The average Bonchev–Trinajstić information content (AvgIpc) is 3.02. The minimum atomic E-state index is -0.334. The van der Waals surface area contributed by atoms with Crippen molar-refractivity contribution in [2.75, 3.05) is 11.4 Å². The molecule has 4 nitrogen and oxygen atoms in total. The van der Waals surface area contributed by atoms with E-state index in [9.17, 15) is 10.1 Å². The van der Waals surface area contributed by atoms with E-state index in [1.165, 1.54) is 12.8 Å². The predicted octanol–water partition coefficient (Wildman–Crippen LogP) is 3.19. The number of nitro groups is 1. The molecule has 1 aromatic rings. The molecule has 1 aliphatic rings. The highest BCUT2D eigenvalue weighted by molar-refractivity contribution is 14.1. The van der Waals surface area contributed by atoms with Crippen LogP contribution in [0.4, 0.5) is 11.4 Å². The van der Waals surface area contributed by atoms with Crippen molar-refractivity contribution in [2.45, 2.75) is 25.8 Å². The molecule has 0 spiro atoms. The zero-order valence-electron chi connectivity index (χ0n) is 9.02. The second kappa shape index (κ2) is 4.57. The Balaban J connectivity index is 2.28. The molecule has 0 heterocycles. The molecule has 1 saturated carbocycles. The standard InChI is InChI=1S/C11H13IN2O2/c1-2-13(8-3-4-8)9-5-6-11(14(15)16)10(12)7-9/h5-8H,2-4H2,1H3. The molecular weight excluding hydrogens is 319 g/mol. The third-order valence-corrected chi connectivity index (χ3v) is 3.65. The summed E-state index contributed by atoms with van der Waals surface area (Å²) in [5, 5.41) is 10.7. The summed E-state index contributed by atoms with van der Waals surface area (Å²) in [5.74, 6) is 0. The summed E-state index contributed by atoms with van der Waals surface area (Å²) in [5.41, 5.74) is 1.29. The van der Waals surface area contributed by atoms with Crippen LogP contribution < -0.4 is 4.90 Å². The largest absolute Gasteiger partial charge is 0.369 e. The van der Waals surface area contributed by atoms with E-state index in [1.807, 2.05) is 34.7 Å². The van der Waals surface area contributed by atoms with Crippen LogP contribution in [0.5, 0.6) is 0 Å². The van der Waals surface area contributed by atoms with Crippen LogP contribution in [0.15, 0.2) is 18.2 Å².